The second-order valence-corrected chi connectivity index (χ2v) is 10.7. The zero-order valence-electron chi connectivity index (χ0n) is 21.0. The van der Waals surface area contributed by atoms with E-state index >= 15 is 0 Å². The van der Waals surface area contributed by atoms with E-state index in [9.17, 15) is 14.0 Å². The molecule has 0 spiro atoms. The molecule has 1 unspecified atom stereocenters. The van der Waals surface area contributed by atoms with E-state index < -0.39 is 17.4 Å². The Morgan fingerprint density at radius 1 is 1.11 bits per heavy atom. The molecule has 5 rings (SSSR count). The fraction of sp³-hybridized carbons (Fsp3) is 0.500. The normalized spacial score (nSPS) is 26.8. The number of carbonyl (C=O) groups is 2. The lowest BCUT2D eigenvalue weighted by atomic mass is 9.73. The Kier molecular flexibility index (Phi) is 7.81. The van der Waals surface area contributed by atoms with Crippen LogP contribution in [0.1, 0.15) is 30.7 Å². The van der Waals surface area contributed by atoms with Crippen LogP contribution < -0.4 is 10.1 Å². The quantitative estimate of drug-likeness (QED) is 0.607. The number of benzene rings is 2. The highest BCUT2D eigenvalue weighted by atomic mass is 35.5. The number of nitrogens with one attached hydrogen (secondary N) is 1. The first-order valence-corrected chi connectivity index (χ1v) is 13.3. The van der Waals surface area contributed by atoms with Crippen molar-refractivity contribution in [3.63, 3.8) is 0 Å². The molecule has 3 aliphatic rings. The minimum atomic E-state index is -1.14. The molecule has 0 radical (unpaired) electrons. The van der Waals surface area contributed by atoms with Crippen molar-refractivity contribution in [1.82, 2.24) is 15.1 Å². The van der Waals surface area contributed by atoms with E-state index in [4.69, 9.17) is 21.1 Å². The van der Waals surface area contributed by atoms with Crippen LogP contribution in [0, 0.1) is 11.7 Å². The third kappa shape index (κ3) is 5.25. The lowest BCUT2D eigenvalue weighted by molar-refractivity contribution is -0.133. The molecule has 2 aromatic rings. The van der Waals surface area contributed by atoms with Crippen LogP contribution in [0.5, 0.6) is 5.75 Å². The summed E-state index contributed by atoms with van der Waals surface area (Å²) in [5, 5.41) is 3.99. The average Bonchev–Trinajstić information content (AvgIpc) is 3.59. The van der Waals surface area contributed by atoms with Crippen molar-refractivity contribution in [2.45, 2.75) is 36.8 Å². The molecule has 37 heavy (non-hydrogen) atoms. The molecular formula is C28H33ClFN3O4. The number of amides is 1. The van der Waals surface area contributed by atoms with E-state index in [0.29, 0.717) is 30.7 Å². The van der Waals surface area contributed by atoms with Gasteiger partial charge < -0.3 is 14.8 Å². The maximum absolute atomic E-state index is 14.5. The summed E-state index contributed by atoms with van der Waals surface area (Å²) in [4.78, 5) is 31.8. The highest BCUT2D eigenvalue weighted by molar-refractivity contribution is 6.30. The lowest BCUT2D eigenvalue weighted by Gasteiger charge is -2.42. The van der Waals surface area contributed by atoms with Crippen LogP contribution >= 0.6 is 11.6 Å². The van der Waals surface area contributed by atoms with Gasteiger partial charge in [-0.1, -0.05) is 23.7 Å². The minimum absolute atomic E-state index is 0.0468. The Bertz CT molecular complexity index is 1110. The van der Waals surface area contributed by atoms with Gasteiger partial charge in [0.1, 0.15) is 17.1 Å². The van der Waals surface area contributed by atoms with Crippen LogP contribution in [0.2, 0.25) is 5.02 Å². The number of rotatable bonds is 6. The molecule has 0 aromatic heterocycles. The number of likely N-dealkylation sites (tertiary alicyclic amines) is 1. The summed E-state index contributed by atoms with van der Waals surface area (Å²) in [6.07, 6.45) is 2.06. The van der Waals surface area contributed by atoms with Gasteiger partial charge in [0.15, 0.2) is 5.78 Å². The predicted octanol–water partition coefficient (Wildman–Crippen LogP) is 4.11. The molecule has 1 N–H and O–H groups in total. The SMILES string of the molecule is CN(C(=O)Oc1ccc(F)cc1)[C@]1(C(=O)C2CCN(C3CCOCC3)C2)CNC[C@H]1c1ccc(Cl)cc1. The molecule has 3 fully saturated rings. The third-order valence-electron chi connectivity index (χ3n) is 8.21. The first kappa shape index (κ1) is 26.1. The van der Waals surface area contributed by atoms with Crippen LogP contribution in [0.4, 0.5) is 9.18 Å². The summed E-state index contributed by atoms with van der Waals surface area (Å²) >= 11 is 6.15. The summed E-state index contributed by atoms with van der Waals surface area (Å²) in [5.74, 6) is -0.622. The topological polar surface area (TPSA) is 71.1 Å². The lowest BCUT2D eigenvalue weighted by Crippen LogP contribution is -2.62. The van der Waals surface area contributed by atoms with E-state index in [1.807, 2.05) is 24.3 Å². The summed E-state index contributed by atoms with van der Waals surface area (Å²) < 4.78 is 24.5. The monoisotopic (exact) mass is 529 g/mol. The zero-order chi connectivity index (χ0) is 26.0. The third-order valence-corrected chi connectivity index (χ3v) is 8.46. The summed E-state index contributed by atoms with van der Waals surface area (Å²) in [6.45, 7) is 3.91. The summed E-state index contributed by atoms with van der Waals surface area (Å²) in [5.41, 5.74) is -0.204. The molecule has 0 aliphatic carbocycles. The number of carbonyl (C=O) groups excluding carboxylic acids is 2. The molecule has 0 saturated carbocycles. The van der Waals surface area contributed by atoms with Crippen molar-refractivity contribution in [3.05, 3.63) is 64.9 Å². The fourth-order valence-corrected chi connectivity index (χ4v) is 6.26. The molecule has 198 valence electrons. The van der Waals surface area contributed by atoms with Gasteiger partial charge in [-0.15, -0.1) is 0 Å². The maximum Gasteiger partial charge on any atom is 0.415 e. The van der Waals surface area contributed by atoms with Gasteiger partial charge >= 0.3 is 6.09 Å². The number of Topliss-reactive ketones (excluding diaryl/α,β-unsaturated/α-hetero) is 1. The smallest absolute Gasteiger partial charge is 0.410 e. The number of ketones is 1. The highest BCUT2D eigenvalue weighted by Crippen LogP contribution is 2.41. The molecule has 2 aromatic carbocycles. The Morgan fingerprint density at radius 3 is 2.51 bits per heavy atom. The largest absolute Gasteiger partial charge is 0.415 e. The number of halogens is 2. The molecule has 9 heteroatoms. The van der Waals surface area contributed by atoms with Gasteiger partial charge in [0.25, 0.3) is 0 Å². The Morgan fingerprint density at radius 2 is 1.81 bits per heavy atom. The van der Waals surface area contributed by atoms with Crippen molar-refractivity contribution >= 4 is 23.5 Å². The molecule has 0 bridgehead atoms. The van der Waals surface area contributed by atoms with Crippen molar-refractivity contribution < 1.29 is 23.5 Å². The molecule has 3 heterocycles. The summed E-state index contributed by atoms with van der Waals surface area (Å²) in [6, 6.07) is 13.2. The Labute approximate surface area is 221 Å². The van der Waals surface area contributed by atoms with Gasteiger partial charge in [-0.25, -0.2) is 9.18 Å². The highest BCUT2D eigenvalue weighted by Gasteiger charge is 2.57. The molecule has 3 atom stereocenters. The van der Waals surface area contributed by atoms with Gasteiger partial charge in [-0.2, -0.15) is 0 Å². The molecular weight excluding hydrogens is 497 g/mol. The second kappa shape index (κ2) is 11.1. The van der Waals surface area contributed by atoms with E-state index in [-0.39, 0.29) is 23.4 Å². The number of nitrogens with zero attached hydrogens (tertiary/aromatic N) is 2. The average molecular weight is 530 g/mol. The summed E-state index contributed by atoms with van der Waals surface area (Å²) in [7, 11) is 1.63. The molecule has 1 amide bonds. The molecule has 7 nitrogen and oxygen atoms in total. The maximum atomic E-state index is 14.5. The number of hydrogen-bond donors (Lipinski definition) is 1. The van der Waals surface area contributed by atoms with E-state index in [1.165, 1.54) is 29.2 Å². The van der Waals surface area contributed by atoms with Gasteiger partial charge in [-0.3, -0.25) is 14.6 Å². The van der Waals surface area contributed by atoms with Crippen LogP contribution in [0.15, 0.2) is 48.5 Å². The van der Waals surface area contributed by atoms with Crippen molar-refractivity contribution in [2.75, 3.05) is 46.4 Å². The van der Waals surface area contributed by atoms with Gasteiger partial charge in [-0.05, 0) is 67.8 Å². The van der Waals surface area contributed by atoms with Gasteiger partial charge in [0.2, 0.25) is 0 Å². The van der Waals surface area contributed by atoms with Gasteiger partial charge in [0.05, 0.1) is 0 Å². The first-order chi connectivity index (χ1) is 17.9. The number of hydrogen-bond acceptors (Lipinski definition) is 6. The molecule has 3 saturated heterocycles. The van der Waals surface area contributed by atoms with E-state index in [0.717, 1.165) is 44.6 Å². The number of ether oxygens (including phenoxy) is 2. The van der Waals surface area contributed by atoms with Crippen LogP contribution in [0.25, 0.3) is 0 Å². The Hall–Kier alpha value is -2.52. The van der Waals surface area contributed by atoms with E-state index in [2.05, 4.69) is 10.2 Å². The zero-order valence-corrected chi connectivity index (χ0v) is 21.8. The second-order valence-electron chi connectivity index (χ2n) is 10.2. The van der Waals surface area contributed by atoms with Crippen molar-refractivity contribution in [1.29, 1.82) is 0 Å². The first-order valence-electron chi connectivity index (χ1n) is 12.9. The van der Waals surface area contributed by atoms with Crippen LogP contribution in [0.3, 0.4) is 0 Å². The van der Waals surface area contributed by atoms with E-state index in [1.54, 1.807) is 7.05 Å². The minimum Gasteiger partial charge on any atom is -0.410 e. The van der Waals surface area contributed by atoms with Gasteiger partial charge in [0, 0.05) is 62.8 Å². The van der Waals surface area contributed by atoms with Crippen molar-refractivity contribution in [3.8, 4) is 5.75 Å². The van der Waals surface area contributed by atoms with Crippen molar-refractivity contribution in [2.24, 2.45) is 5.92 Å². The Balaban J connectivity index is 1.43. The van der Waals surface area contributed by atoms with Crippen LogP contribution in [-0.4, -0.2) is 79.7 Å². The fourth-order valence-electron chi connectivity index (χ4n) is 6.14. The van der Waals surface area contributed by atoms with Crippen LogP contribution in [-0.2, 0) is 9.53 Å². The standard InChI is InChI=1S/C28H33ClFN3O4/c1-32(27(35)37-24-8-6-22(30)7-9-24)28(18-31-16-25(28)19-2-4-21(29)5-3-19)26(34)20-10-13-33(17-20)23-11-14-36-15-12-23/h2-9,20,23,25,31H,10-18H2,1H3/t20?,25-,28+/m0/s1. The molecule has 3 aliphatic heterocycles. The number of likely N-dealkylation sites (N-methyl/N-ethyl adjacent to an activating group) is 1. The predicted molar refractivity (Wildman–Crippen MR) is 139 cm³/mol.